The first-order chi connectivity index (χ1) is 9.04. The van der Waals surface area contributed by atoms with E-state index in [1.165, 1.54) is 0 Å². The number of hydrogen-bond donors (Lipinski definition) is 1. The van der Waals surface area contributed by atoms with Crippen molar-refractivity contribution in [1.82, 2.24) is 4.98 Å². The SMILES string of the molecule is CCOC(=O)c1cc(C#N)c(=O)[nH]c1C(=O)OCC. The Bertz CT molecular complexity index is 597. The van der Waals surface area contributed by atoms with E-state index in [0.717, 1.165) is 6.07 Å². The fourth-order valence-corrected chi connectivity index (χ4v) is 1.35. The molecular weight excluding hydrogens is 252 g/mol. The second-order valence-electron chi connectivity index (χ2n) is 3.35. The predicted octanol–water partition coefficient (Wildman–Crippen LogP) is 0.600. The fourth-order valence-electron chi connectivity index (χ4n) is 1.35. The largest absolute Gasteiger partial charge is 0.462 e. The topological polar surface area (TPSA) is 109 Å². The van der Waals surface area contributed by atoms with Gasteiger partial charge in [0.2, 0.25) is 0 Å². The summed E-state index contributed by atoms with van der Waals surface area (Å²) in [5, 5.41) is 8.75. The van der Waals surface area contributed by atoms with E-state index < -0.39 is 17.5 Å². The summed E-state index contributed by atoms with van der Waals surface area (Å²) < 4.78 is 9.48. The number of aromatic nitrogens is 1. The quantitative estimate of drug-likeness (QED) is 0.797. The zero-order valence-corrected chi connectivity index (χ0v) is 10.5. The smallest absolute Gasteiger partial charge is 0.355 e. The van der Waals surface area contributed by atoms with Crippen molar-refractivity contribution in [1.29, 1.82) is 5.26 Å². The van der Waals surface area contributed by atoms with Crippen molar-refractivity contribution in [3.63, 3.8) is 0 Å². The van der Waals surface area contributed by atoms with Crippen LogP contribution in [-0.4, -0.2) is 30.1 Å². The monoisotopic (exact) mass is 264 g/mol. The number of hydrogen-bond acceptors (Lipinski definition) is 6. The number of H-pyrrole nitrogens is 1. The molecule has 7 nitrogen and oxygen atoms in total. The number of ether oxygens (including phenoxy) is 2. The van der Waals surface area contributed by atoms with Gasteiger partial charge in [-0.3, -0.25) is 4.79 Å². The van der Waals surface area contributed by atoms with Crippen molar-refractivity contribution in [2.75, 3.05) is 13.2 Å². The highest BCUT2D eigenvalue weighted by Gasteiger charge is 2.22. The van der Waals surface area contributed by atoms with Crippen LogP contribution in [0.5, 0.6) is 0 Å². The third-order valence-electron chi connectivity index (χ3n) is 2.14. The molecule has 0 saturated carbocycles. The lowest BCUT2D eigenvalue weighted by atomic mass is 10.1. The molecule has 0 fully saturated rings. The number of nitrogens with one attached hydrogen (secondary N) is 1. The molecule has 1 heterocycles. The highest BCUT2D eigenvalue weighted by molar-refractivity contribution is 6.01. The van der Waals surface area contributed by atoms with Crippen molar-refractivity contribution < 1.29 is 19.1 Å². The maximum absolute atomic E-state index is 11.7. The van der Waals surface area contributed by atoms with Crippen LogP contribution in [-0.2, 0) is 9.47 Å². The average molecular weight is 264 g/mol. The highest BCUT2D eigenvalue weighted by atomic mass is 16.5. The maximum atomic E-state index is 11.7. The number of rotatable bonds is 4. The van der Waals surface area contributed by atoms with E-state index >= 15 is 0 Å². The molecule has 0 aliphatic heterocycles. The van der Waals surface area contributed by atoms with Gasteiger partial charge in [-0.15, -0.1) is 0 Å². The lowest BCUT2D eigenvalue weighted by molar-refractivity contribution is 0.0473. The zero-order valence-electron chi connectivity index (χ0n) is 10.5. The van der Waals surface area contributed by atoms with Gasteiger partial charge in [-0.25, -0.2) is 9.59 Å². The second-order valence-corrected chi connectivity index (χ2v) is 3.35. The molecule has 0 bridgehead atoms. The third kappa shape index (κ3) is 3.19. The average Bonchev–Trinajstić information content (AvgIpc) is 2.38. The fraction of sp³-hybridized carbons (Fsp3) is 0.333. The summed E-state index contributed by atoms with van der Waals surface area (Å²) in [6.07, 6.45) is 0. The summed E-state index contributed by atoms with van der Waals surface area (Å²) in [6, 6.07) is 2.64. The Labute approximate surface area is 108 Å². The zero-order chi connectivity index (χ0) is 14.4. The van der Waals surface area contributed by atoms with Gasteiger partial charge in [-0.2, -0.15) is 5.26 Å². The predicted molar refractivity (Wildman–Crippen MR) is 63.7 cm³/mol. The summed E-state index contributed by atoms with van der Waals surface area (Å²) in [4.78, 5) is 37.0. The summed E-state index contributed by atoms with van der Waals surface area (Å²) in [7, 11) is 0. The van der Waals surface area contributed by atoms with E-state index in [9.17, 15) is 14.4 Å². The Morgan fingerprint density at radius 2 is 1.84 bits per heavy atom. The normalized spacial score (nSPS) is 9.53. The summed E-state index contributed by atoms with van der Waals surface area (Å²) in [6.45, 7) is 3.37. The van der Waals surface area contributed by atoms with Gasteiger partial charge in [0.15, 0.2) is 0 Å². The van der Waals surface area contributed by atoms with Gasteiger partial charge >= 0.3 is 11.9 Å². The number of nitriles is 1. The van der Waals surface area contributed by atoms with Crippen LogP contribution in [0.15, 0.2) is 10.9 Å². The van der Waals surface area contributed by atoms with Crippen molar-refractivity contribution in [2.45, 2.75) is 13.8 Å². The van der Waals surface area contributed by atoms with E-state index in [-0.39, 0.29) is 30.0 Å². The molecule has 0 spiro atoms. The second kappa shape index (κ2) is 6.35. The van der Waals surface area contributed by atoms with Gasteiger partial charge in [0.25, 0.3) is 5.56 Å². The molecule has 7 heteroatoms. The first kappa shape index (κ1) is 14.4. The van der Waals surface area contributed by atoms with Crippen molar-refractivity contribution in [3.05, 3.63) is 33.2 Å². The summed E-state index contributed by atoms with van der Waals surface area (Å²) >= 11 is 0. The van der Waals surface area contributed by atoms with Crippen molar-refractivity contribution >= 4 is 11.9 Å². The number of pyridine rings is 1. The van der Waals surface area contributed by atoms with Crippen molar-refractivity contribution in [3.8, 4) is 6.07 Å². The standard InChI is InChI=1S/C12H12N2O5/c1-3-18-11(16)8-5-7(6-13)10(15)14-9(8)12(17)19-4-2/h5H,3-4H2,1-2H3,(H,14,15). The highest BCUT2D eigenvalue weighted by Crippen LogP contribution is 2.09. The molecule has 1 aromatic heterocycles. The molecule has 1 N–H and O–H groups in total. The Morgan fingerprint density at radius 1 is 1.26 bits per heavy atom. The number of carbonyl (C=O) groups excluding carboxylic acids is 2. The molecule has 0 aromatic carbocycles. The van der Waals surface area contributed by atoms with Gasteiger partial charge in [0.1, 0.15) is 17.3 Å². The Hall–Kier alpha value is -2.62. The number of esters is 2. The first-order valence-electron chi connectivity index (χ1n) is 5.56. The van der Waals surface area contributed by atoms with Crippen LogP contribution >= 0.6 is 0 Å². The Balaban J connectivity index is 3.39. The lowest BCUT2D eigenvalue weighted by Crippen LogP contribution is -2.23. The van der Waals surface area contributed by atoms with Gasteiger partial charge in [0, 0.05) is 0 Å². The number of nitrogens with zero attached hydrogens (tertiary/aromatic N) is 1. The molecule has 100 valence electrons. The van der Waals surface area contributed by atoms with Gasteiger partial charge in [0.05, 0.1) is 18.8 Å². The number of aromatic amines is 1. The molecule has 0 aliphatic rings. The van der Waals surface area contributed by atoms with Crippen molar-refractivity contribution in [2.24, 2.45) is 0 Å². The van der Waals surface area contributed by atoms with Gasteiger partial charge < -0.3 is 14.5 Å². The Morgan fingerprint density at radius 3 is 2.37 bits per heavy atom. The van der Waals surface area contributed by atoms with E-state index in [1.807, 2.05) is 0 Å². The molecule has 19 heavy (non-hydrogen) atoms. The van der Waals surface area contributed by atoms with Crippen LogP contribution in [0.25, 0.3) is 0 Å². The molecule has 0 radical (unpaired) electrons. The molecule has 0 atom stereocenters. The minimum absolute atomic E-state index is 0.0864. The maximum Gasteiger partial charge on any atom is 0.355 e. The van der Waals surface area contributed by atoms with Crippen LogP contribution in [0.1, 0.15) is 40.3 Å². The molecule has 0 amide bonds. The molecular formula is C12H12N2O5. The minimum Gasteiger partial charge on any atom is -0.462 e. The van der Waals surface area contributed by atoms with Gasteiger partial charge in [-0.1, -0.05) is 0 Å². The summed E-state index contributed by atoms with van der Waals surface area (Å²) in [5.41, 5.74) is -1.56. The van der Waals surface area contributed by atoms with Crippen LogP contribution < -0.4 is 5.56 Å². The van der Waals surface area contributed by atoms with Crippen LogP contribution in [0.3, 0.4) is 0 Å². The third-order valence-corrected chi connectivity index (χ3v) is 2.14. The summed E-state index contributed by atoms with van der Waals surface area (Å²) in [5.74, 6) is -1.66. The lowest BCUT2D eigenvalue weighted by Gasteiger charge is -2.08. The molecule has 0 aliphatic carbocycles. The number of carbonyl (C=O) groups is 2. The van der Waals surface area contributed by atoms with Crippen LogP contribution in [0, 0.1) is 11.3 Å². The van der Waals surface area contributed by atoms with Crippen LogP contribution in [0.4, 0.5) is 0 Å². The van der Waals surface area contributed by atoms with E-state index in [0.29, 0.717) is 0 Å². The molecule has 0 saturated heterocycles. The molecule has 1 rings (SSSR count). The minimum atomic E-state index is -0.854. The van der Waals surface area contributed by atoms with Gasteiger partial charge in [-0.05, 0) is 19.9 Å². The van der Waals surface area contributed by atoms with E-state index in [1.54, 1.807) is 19.9 Å². The van der Waals surface area contributed by atoms with Crippen LogP contribution in [0.2, 0.25) is 0 Å². The van der Waals surface area contributed by atoms with E-state index in [4.69, 9.17) is 14.7 Å². The Kier molecular flexibility index (Phi) is 4.83. The van der Waals surface area contributed by atoms with E-state index in [2.05, 4.69) is 4.98 Å². The molecule has 0 unspecified atom stereocenters. The first-order valence-corrected chi connectivity index (χ1v) is 5.56. The molecule has 1 aromatic rings.